The highest BCUT2D eigenvalue weighted by atomic mass is 16.2. The summed E-state index contributed by atoms with van der Waals surface area (Å²) in [5.41, 5.74) is 6.99. The molecule has 1 fully saturated rings. The Bertz CT molecular complexity index is 413. The molecule has 0 radical (unpaired) electrons. The van der Waals surface area contributed by atoms with E-state index in [-0.39, 0.29) is 12.1 Å². The lowest BCUT2D eigenvalue weighted by Crippen LogP contribution is -2.50. The second-order valence-corrected chi connectivity index (χ2v) is 5.74. The van der Waals surface area contributed by atoms with Crippen LogP contribution in [-0.4, -0.2) is 36.6 Å². The molecule has 0 aliphatic carbocycles. The summed E-state index contributed by atoms with van der Waals surface area (Å²) in [4.78, 5) is 14.1. The number of nitrogens with one attached hydrogen (secondary N) is 1. The molecule has 4 heteroatoms. The number of benzene rings is 1. The van der Waals surface area contributed by atoms with E-state index >= 15 is 0 Å². The molecule has 3 N–H and O–H groups in total. The summed E-state index contributed by atoms with van der Waals surface area (Å²) < 4.78 is 0. The maximum absolute atomic E-state index is 12.2. The van der Waals surface area contributed by atoms with E-state index in [0.717, 1.165) is 38.3 Å². The van der Waals surface area contributed by atoms with Gasteiger partial charge in [0, 0.05) is 25.7 Å². The van der Waals surface area contributed by atoms with Crippen LogP contribution in [0.2, 0.25) is 0 Å². The third-order valence-corrected chi connectivity index (χ3v) is 4.01. The van der Waals surface area contributed by atoms with Gasteiger partial charge in [-0.1, -0.05) is 37.3 Å². The first-order valence-corrected chi connectivity index (χ1v) is 7.48. The van der Waals surface area contributed by atoms with Crippen molar-refractivity contribution in [3.8, 4) is 0 Å². The monoisotopic (exact) mass is 275 g/mol. The molecule has 1 aromatic rings. The first-order chi connectivity index (χ1) is 9.69. The number of likely N-dealkylation sites (tertiary alicyclic amines) is 1. The predicted octanol–water partition coefficient (Wildman–Crippen LogP) is 2.00. The van der Waals surface area contributed by atoms with E-state index in [1.165, 1.54) is 5.56 Å². The van der Waals surface area contributed by atoms with Crippen LogP contribution in [0.3, 0.4) is 0 Å². The van der Waals surface area contributed by atoms with Crippen LogP contribution in [0.25, 0.3) is 0 Å². The summed E-state index contributed by atoms with van der Waals surface area (Å²) in [7, 11) is 0. The molecule has 1 saturated heterocycles. The number of carbonyl (C=O) groups excluding carboxylic acids is 1. The second kappa shape index (κ2) is 7.29. The molecule has 0 spiro atoms. The van der Waals surface area contributed by atoms with Crippen molar-refractivity contribution in [1.82, 2.24) is 10.2 Å². The fourth-order valence-corrected chi connectivity index (χ4v) is 2.57. The van der Waals surface area contributed by atoms with Gasteiger partial charge in [-0.15, -0.1) is 0 Å². The highest BCUT2D eigenvalue weighted by Gasteiger charge is 2.22. The molecule has 110 valence electrons. The standard InChI is InChI=1S/C16H25N3O/c1-13-7-9-19(10-8-13)16(20)18-15(12-17)11-14-5-3-2-4-6-14/h2-6,13,15H,7-12,17H2,1H3,(H,18,20). The molecule has 1 aliphatic rings. The van der Waals surface area contributed by atoms with Crippen molar-refractivity contribution in [2.45, 2.75) is 32.2 Å². The van der Waals surface area contributed by atoms with Gasteiger partial charge in [0.15, 0.2) is 0 Å². The number of amides is 2. The average Bonchev–Trinajstić information content (AvgIpc) is 2.48. The Morgan fingerprint density at radius 1 is 1.35 bits per heavy atom. The molecule has 1 aromatic carbocycles. The molecule has 1 unspecified atom stereocenters. The summed E-state index contributed by atoms with van der Waals surface area (Å²) in [6.07, 6.45) is 2.98. The summed E-state index contributed by atoms with van der Waals surface area (Å²) in [6.45, 7) is 4.42. The van der Waals surface area contributed by atoms with Crippen LogP contribution in [0.4, 0.5) is 4.79 Å². The van der Waals surface area contributed by atoms with Crippen molar-refractivity contribution < 1.29 is 4.79 Å². The maximum Gasteiger partial charge on any atom is 0.317 e. The van der Waals surface area contributed by atoms with Gasteiger partial charge >= 0.3 is 6.03 Å². The van der Waals surface area contributed by atoms with E-state index < -0.39 is 0 Å². The minimum absolute atomic E-state index is 0.00394. The normalized spacial score (nSPS) is 17.8. The van der Waals surface area contributed by atoms with Crippen molar-refractivity contribution in [1.29, 1.82) is 0 Å². The van der Waals surface area contributed by atoms with Crippen molar-refractivity contribution in [2.24, 2.45) is 11.7 Å². The van der Waals surface area contributed by atoms with Gasteiger partial charge in [-0.3, -0.25) is 0 Å². The number of carbonyl (C=O) groups is 1. The van der Waals surface area contributed by atoms with E-state index in [9.17, 15) is 4.79 Å². The third kappa shape index (κ3) is 4.23. The van der Waals surface area contributed by atoms with Crippen molar-refractivity contribution in [3.63, 3.8) is 0 Å². The van der Waals surface area contributed by atoms with Crippen LogP contribution >= 0.6 is 0 Å². The molecule has 1 heterocycles. The van der Waals surface area contributed by atoms with Crippen LogP contribution in [0.1, 0.15) is 25.3 Å². The van der Waals surface area contributed by atoms with Crippen LogP contribution < -0.4 is 11.1 Å². The number of piperidine rings is 1. The predicted molar refractivity (Wildman–Crippen MR) is 81.5 cm³/mol. The molecule has 0 bridgehead atoms. The van der Waals surface area contributed by atoms with Crippen LogP contribution in [0.15, 0.2) is 30.3 Å². The molecule has 0 aromatic heterocycles. The molecule has 4 nitrogen and oxygen atoms in total. The number of nitrogens with two attached hydrogens (primary N) is 1. The zero-order chi connectivity index (χ0) is 14.4. The van der Waals surface area contributed by atoms with E-state index in [0.29, 0.717) is 6.54 Å². The number of rotatable bonds is 4. The molecular weight excluding hydrogens is 250 g/mol. The zero-order valence-corrected chi connectivity index (χ0v) is 12.2. The van der Waals surface area contributed by atoms with E-state index in [1.807, 2.05) is 23.1 Å². The quantitative estimate of drug-likeness (QED) is 0.883. The summed E-state index contributed by atoms with van der Waals surface area (Å²) in [6, 6.07) is 10.2. The molecule has 0 saturated carbocycles. The van der Waals surface area contributed by atoms with Gasteiger partial charge in [0.1, 0.15) is 0 Å². The van der Waals surface area contributed by atoms with Crippen LogP contribution in [0, 0.1) is 5.92 Å². The third-order valence-electron chi connectivity index (χ3n) is 4.01. The van der Waals surface area contributed by atoms with Gasteiger partial charge in [-0.25, -0.2) is 4.79 Å². The number of hydrogen-bond donors (Lipinski definition) is 2. The molecular formula is C16H25N3O. The highest BCUT2D eigenvalue weighted by molar-refractivity contribution is 5.74. The molecule has 2 amide bonds. The van der Waals surface area contributed by atoms with Crippen molar-refractivity contribution in [3.05, 3.63) is 35.9 Å². The van der Waals surface area contributed by atoms with Crippen LogP contribution in [-0.2, 0) is 6.42 Å². The van der Waals surface area contributed by atoms with Gasteiger partial charge in [0.25, 0.3) is 0 Å². The molecule has 2 rings (SSSR count). The fourth-order valence-electron chi connectivity index (χ4n) is 2.57. The summed E-state index contributed by atoms with van der Waals surface area (Å²) >= 11 is 0. The number of nitrogens with zero attached hydrogens (tertiary/aromatic N) is 1. The number of hydrogen-bond acceptors (Lipinski definition) is 2. The maximum atomic E-state index is 12.2. The minimum Gasteiger partial charge on any atom is -0.334 e. The minimum atomic E-state index is 0.00394. The molecule has 1 atom stereocenters. The van der Waals surface area contributed by atoms with Gasteiger partial charge in [-0.05, 0) is 30.7 Å². The Labute approximate surface area is 121 Å². The van der Waals surface area contributed by atoms with Gasteiger partial charge in [0.2, 0.25) is 0 Å². The fraction of sp³-hybridized carbons (Fsp3) is 0.562. The van der Waals surface area contributed by atoms with Gasteiger partial charge in [0.05, 0.1) is 0 Å². The Kier molecular flexibility index (Phi) is 5.41. The van der Waals surface area contributed by atoms with Gasteiger partial charge in [-0.2, -0.15) is 0 Å². The Hall–Kier alpha value is -1.55. The number of urea groups is 1. The van der Waals surface area contributed by atoms with E-state index in [4.69, 9.17) is 5.73 Å². The van der Waals surface area contributed by atoms with E-state index in [2.05, 4.69) is 24.4 Å². The second-order valence-electron chi connectivity index (χ2n) is 5.74. The van der Waals surface area contributed by atoms with Crippen molar-refractivity contribution in [2.75, 3.05) is 19.6 Å². The molecule has 20 heavy (non-hydrogen) atoms. The average molecular weight is 275 g/mol. The van der Waals surface area contributed by atoms with Gasteiger partial charge < -0.3 is 16.0 Å². The lowest BCUT2D eigenvalue weighted by Gasteiger charge is -2.31. The Morgan fingerprint density at radius 3 is 2.60 bits per heavy atom. The smallest absolute Gasteiger partial charge is 0.317 e. The van der Waals surface area contributed by atoms with Crippen LogP contribution in [0.5, 0.6) is 0 Å². The SMILES string of the molecule is CC1CCN(C(=O)NC(CN)Cc2ccccc2)CC1. The largest absolute Gasteiger partial charge is 0.334 e. The topological polar surface area (TPSA) is 58.4 Å². The Balaban J connectivity index is 1.85. The Morgan fingerprint density at radius 2 is 2.00 bits per heavy atom. The summed E-state index contributed by atoms with van der Waals surface area (Å²) in [5.74, 6) is 0.730. The first-order valence-electron chi connectivity index (χ1n) is 7.48. The summed E-state index contributed by atoms with van der Waals surface area (Å²) in [5, 5.41) is 3.06. The highest BCUT2D eigenvalue weighted by Crippen LogP contribution is 2.16. The van der Waals surface area contributed by atoms with Crippen molar-refractivity contribution >= 4 is 6.03 Å². The first kappa shape index (κ1) is 14.9. The lowest BCUT2D eigenvalue weighted by molar-refractivity contribution is 0.170. The zero-order valence-electron chi connectivity index (χ0n) is 12.2. The lowest BCUT2D eigenvalue weighted by atomic mass is 9.99. The molecule has 1 aliphatic heterocycles. The van der Waals surface area contributed by atoms with E-state index in [1.54, 1.807) is 0 Å².